The number of aryl methyl sites for hydroxylation is 1. The number of hydrogen-bond acceptors (Lipinski definition) is 2. The van der Waals surface area contributed by atoms with Crippen molar-refractivity contribution >= 4 is 26.0 Å². The van der Waals surface area contributed by atoms with Crippen molar-refractivity contribution in [3.8, 4) is 0 Å². The Hall–Kier alpha value is -1.43. The minimum atomic E-state index is -3.56. The number of rotatable bonds is 7. The lowest BCUT2D eigenvalue weighted by atomic mass is 10.0. The Labute approximate surface area is 146 Å². The van der Waals surface area contributed by atoms with Crippen LogP contribution in [0.5, 0.6) is 0 Å². The van der Waals surface area contributed by atoms with Gasteiger partial charge in [-0.3, -0.25) is 0 Å². The van der Waals surface area contributed by atoms with Crippen LogP contribution in [0.4, 0.5) is 0 Å². The molecule has 1 atom stereocenters. The Bertz CT molecular complexity index is 740. The first kappa shape index (κ1) is 17.9. The van der Waals surface area contributed by atoms with E-state index in [2.05, 4.69) is 20.7 Å². The predicted octanol–water partition coefficient (Wildman–Crippen LogP) is 4.36. The zero-order chi connectivity index (χ0) is 16.7. The van der Waals surface area contributed by atoms with Gasteiger partial charge in [0.1, 0.15) is 0 Å². The zero-order valence-corrected chi connectivity index (χ0v) is 15.3. The van der Waals surface area contributed by atoms with Gasteiger partial charge in [-0.25, -0.2) is 13.1 Å². The Kier molecular flexibility index (Phi) is 6.57. The van der Waals surface area contributed by atoms with E-state index in [0.29, 0.717) is 6.42 Å². The SMILES string of the molecule is Cc1ccc(S(=O)(=O)NC(C/C=C/CBr)c2ccccc2)cc1. The Balaban J connectivity index is 2.25. The maximum atomic E-state index is 12.6. The van der Waals surface area contributed by atoms with E-state index < -0.39 is 10.0 Å². The number of halogens is 1. The molecule has 0 heterocycles. The van der Waals surface area contributed by atoms with Gasteiger partial charge in [-0.15, -0.1) is 0 Å². The molecule has 0 saturated carbocycles. The minimum absolute atomic E-state index is 0.286. The molecule has 1 N–H and O–H groups in total. The molecule has 0 amide bonds. The lowest BCUT2D eigenvalue weighted by Gasteiger charge is -2.18. The van der Waals surface area contributed by atoms with Crippen molar-refractivity contribution < 1.29 is 8.42 Å². The fraction of sp³-hybridized carbons (Fsp3) is 0.222. The molecule has 2 aromatic rings. The molecular formula is C18H20BrNO2S. The lowest BCUT2D eigenvalue weighted by molar-refractivity contribution is 0.557. The fourth-order valence-electron chi connectivity index (χ4n) is 2.21. The number of sulfonamides is 1. The van der Waals surface area contributed by atoms with E-state index in [0.717, 1.165) is 16.5 Å². The normalized spacial score (nSPS) is 13.3. The summed E-state index contributed by atoms with van der Waals surface area (Å²) in [6, 6.07) is 16.2. The van der Waals surface area contributed by atoms with Crippen LogP contribution in [-0.4, -0.2) is 13.7 Å². The molecule has 0 fully saturated rings. The molecule has 122 valence electrons. The van der Waals surface area contributed by atoms with E-state index in [1.54, 1.807) is 24.3 Å². The van der Waals surface area contributed by atoms with Crippen LogP contribution in [0.25, 0.3) is 0 Å². The summed E-state index contributed by atoms with van der Waals surface area (Å²) in [7, 11) is -3.56. The van der Waals surface area contributed by atoms with Gasteiger partial charge in [0.25, 0.3) is 0 Å². The molecule has 2 aromatic carbocycles. The van der Waals surface area contributed by atoms with Crippen molar-refractivity contribution in [1.82, 2.24) is 4.72 Å². The standard InChI is InChI=1S/C18H20BrNO2S/c1-15-10-12-17(13-11-15)23(21,22)20-18(9-5-6-14-19)16-7-3-2-4-8-16/h2-8,10-13,18,20H,9,14H2,1H3/b6-5+. The summed E-state index contributed by atoms with van der Waals surface area (Å²) < 4.78 is 28.0. The van der Waals surface area contributed by atoms with E-state index in [-0.39, 0.29) is 10.9 Å². The quantitative estimate of drug-likeness (QED) is 0.561. The molecular weight excluding hydrogens is 374 g/mol. The van der Waals surface area contributed by atoms with Crippen LogP contribution in [0.1, 0.15) is 23.6 Å². The highest BCUT2D eigenvalue weighted by molar-refractivity contribution is 9.09. The second kappa shape index (κ2) is 8.43. The van der Waals surface area contributed by atoms with Crippen molar-refractivity contribution in [2.45, 2.75) is 24.3 Å². The number of alkyl halides is 1. The molecule has 5 heteroatoms. The van der Waals surface area contributed by atoms with Gasteiger partial charge in [-0.1, -0.05) is 76.1 Å². The molecule has 0 saturated heterocycles. The van der Waals surface area contributed by atoms with E-state index >= 15 is 0 Å². The minimum Gasteiger partial charge on any atom is -0.207 e. The molecule has 0 spiro atoms. The maximum Gasteiger partial charge on any atom is 0.241 e. The molecule has 0 aliphatic carbocycles. The van der Waals surface area contributed by atoms with Gasteiger partial charge in [0.15, 0.2) is 0 Å². The second-order valence-corrected chi connectivity index (χ2v) is 7.62. The summed E-state index contributed by atoms with van der Waals surface area (Å²) in [5, 5.41) is 0.749. The Morgan fingerprint density at radius 2 is 1.70 bits per heavy atom. The molecule has 1 unspecified atom stereocenters. The largest absolute Gasteiger partial charge is 0.241 e. The van der Waals surface area contributed by atoms with Crippen LogP contribution >= 0.6 is 15.9 Å². The predicted molar refractivity (Wildman–Crippen MR) is 98.2 cm³/mol. The molecule has 3 nitrogen and oxygen atoms in total. The summed E-state index contributed by atoms with van der Waals surface area (Å²) in [5.41, 5.74) is 1.98. The van der Waals surface area contributed by atoms with Gasteiger partial charge in [-0.05, 0) is 31.0 Å². The van der Waals surface area contributed by atoms with E-state index in [1.807, 2.05) is 49.4 Å². The number of allylic oxidation sites excluding steroid dienone is 1. The van der Waals surface area contributed by atoms with Crippen LogP contribution in [0, 0.1) is 6.92 Å². The summed E-state index contributed by atoms with van der Waals surface area (Å²) in [6.07, 6.45) is 4.54. The smallest absolute Gasteiger partial charge is 0.207 e. The topological polar surface area (TPSA) is 46.2 Å². The maximum absolute atomic E-state index is 12.6. The van der Waals surface area contributed by atoms with E-state index in [4.69, 9.17) is 0 Å². The van der Waals surface area contributed by atoms with Crippen LogP contribution in [0.2, 0.25) is 0 Å². The van der Waals surface area contributed by atoms with Gasteiger partial charge in [-0.2, -0.15) is 0 Å². The first-order valence-corrected chi connectivity index (χ1v) is 9.98. The summed E-state index contributed by atoms with van der Waals surface area (Å²) in [6.45, 7) is 1.93. The van der Waals surface area contributed by atoms with Crippen molar-refractivity contribution in [2.24, 2.45) is 0 Å². The van der Waals surface area contributed by atoms with E-state index in [1.165, 1.54) is 0 Å². The number of benzene rings is 2. The first-order valence-electron chi connectivity index (χ1n) is 7.38. The third-order valence-electron chi connectivity index (χ3n) is 3.46. The van der Waals surface area contributed by atoms with Crippen molar-refractivity contribution in [3.05, 3.63) is 77.9 Å². The molecule has 0 aromatic heterocycles. The lowest BCUT2D eigenvalue weighted by Crippen LogP contribution is -2.28. The van der Waals surface area contributed by atoms with Crippen LogP contribution in [0.3, 0.4) is 0 Å². The van der Waals surface area contributed by atoms with Crippen molar-refractivity contribution in [1.29, 1.82) is 0 Å². The molecule has 0 radical (unpaired) electrons. The van der Waals surface area contributed by atoms with Gasteiger partial charge in [0, 0.05) is 5.33 Å². The highest BCUT2D eigenvalue weighted by Gasteiger charge is 2.20. The average molecular weight is 394 g/mol. The number of nitrogens with one attached hydrogen (secondary N) is 1. The molecule has 0 aliphatic rings. The highest BCUT2D eigenvalue weighted by atomic mass is 79.9. The van der Waals surface area contributed by atoms with Gasteiger partial charge in [0.05, 0.1) is 10.9 Å². The fourth-order valence-corrected chi connectivity index (χ4v) is 3.71. The van der Waals surface area contributed by atoms with Gasteiger partial charge in [0.2, 0.25) is 10.0 Å². The number of hydrogen-bond donors (Lipinski definition) is 1. The van der Waals surface area contributed by atoms with Crippen LogP contribution < -0.4 is 4.72 Å². The van der Waals surface area contributed by atoms with Crippen LogP contribution in [-0.2, 0) is 10.0 Å². The second-order valence-electron chi connectivity index (χ2n) is 5.26. The summed E-state index contributed by atoms with van der Waals surface area (Å²) in [4.78, 5) is 0.286. The molecule has 2 rings (SSSR count). The van der Waals surface area contributed by atoms with Crippen molar-refractivity contribution in [2.75, 3.05) is 5.33 Å². The molecule has 0 aliphatic heterocycles. The zero-order valence-electron chi connectivity index (χ0n) is 12.9. The molecule has 0 bridgehead atoms. The average Bonchev–Trinajstić information content (AvgIpc) is 2.55. The monoisotopic (exact) mass is 393 g/mol. The third-order valence-corrected chi connectivity index (χ3v) is 5.32. The van der Waals surface area contributed by atoms with Crippen LogP contribution in [0.15, 0.2) is 71.6 Å². The first-order chi connectivity index (χ1) is 11.0. The van der Waals surface area contributed by atoms with Gasteiger partial charge < -0.3 is 0 Å². The Morgan fingerprint density at radius 3 is 2.30 bits per heavy atom. The third kappa shape index (κ3) is 5.30. The highest BCUT2D eigenvalue weighted by Crippen LogP contribution is 2.21. The summed E-state index contributed by atoms with van der Waals surface area (Å²) >= 11 is 3.34. The van der Waals surface area contributed by atoms with Crippen molar-refractivity contribution in [3.63, 3.8) is 0 Å². The Morgan fingerprint density at radius 1 is 1.04 bits per heavy atom. The van der Waals surface area contributed by atoms with E-state index in [9.17, 15) is 8.42 Å². The van der Waals surface area contributed by atoms with Gasteiger partial charge >= 0.3 is 0 Å². The molecule has 23 heavy (non-hydrogen) atoms. The summed E-state index contributed by atoms with van der Waals surface area (Å²) in [5.74, 6) is 0.